The molecule has 0 radical (unpaired) electrons. The monoisotopic (exact) mass is 293 g/mol. The molecule has 0 spiro atoms. The van der Waals surface area contributed by atoms with E-state index in [0.717, 1.165) is 36.9 Å². The lowest BCUT2D eigenvalue weighted by molar-refractivity contribution is 0.787. The third-order valence-electron chi connectivity index (χ3n) is 3.49. The molecule has 0 atom stereocenters. The quantitative estimate of drug-likeness (QED) is 0.758. The summed E-state index contributed by atoms with van der Waals surface area (Å²) >= 11 is 0. The van der Waals surface area contributed by atoms with Gasteiger partial charge >= 0.3 is 0 Å². The van der Waals surface area contributed by atoms with E-state index in [-0.39, 0.29) is 0 Å². The summed E-state index contributed by atoms with van der Waals surface area (Å²) in [5.41, 5.74) is 1.22. The number of hydrogen-bond donors (Lipinski definition) is 1. The molecule has 0 fully saturated rings. The summed E-state index contributed by atoms with van der Waals surface area (Å²) in [5, 5.41) is 3.33. The van der Waals surface area contributed by atoms with Crippen LogP contribution in [-0.2, 0) is 19.9 Å². The van der Waals surface area contributed by atoms with Crippen LogP contribution in [0.5, 0.6) is 0 Å². The number of rotatable bonds is 6. The first-order chi connectivity index (χ1) is 10.8. The summed E-state index contributed by atoms with van der Waals surface area (Å²) in [5.74, 6) is 2.74. The van der Waals surface area contributed by atoms with Gasteiger partial charge in [-0.05, 0) is 11.6 Å². The minimum absolute atomic E-state index is 0.746. The summed E-state index contributed by atoms with van der Waals surface area (Å²) < 4.78 is 2.03. The van der Waals surface area contributed by atoms with Crippen molar-refractivity contribution in [1.82, 2.24) is 19.5 Å². The third kappa shape index (κ3) is 3.69. The minimum atomic E-state index is 0.746. The second kappa shape index (κ2) is 6.85. The van der Waals surface area contributed by atoms with Crippen molar-refractivity contribution in [1.29, 1.82) is 0 Å². The summed E-state index contributed by atoms with van der Waals surface area (Å²) in [7, 11) is 2.00. The van der Waals surface area contributed by atoms with Crippen LogP contribution in [0.4, 0.5) is 5.82 Å². The molecule has 0 aliphatic rings. The molecule has 3 aromatic rings. The van der Waals surface area contributed by atoms with E-state index in [0.29, 0.717) is 0 Å². The van der Waals surface area contributed by atoms with Crippen molar-refractivity contribution in [2.75, 3.05) is 11.9 Å². The van der Waals surface area contributed by atoms with Gasteiger partial charge in [-0.2, -0.15) is 0 Å². The predicted molar refractivity (Wildman–Crippen MR) is 86.7 cm³/mol. The zero-order chi connectivity index (χ0) is 15.2. The number of nitrogens with one attached hydrogen (secondary N) is 1. The van der Waals surface area contributed by atoms with E-state index in [1.54, 1.807) is 6.20 Å². The van der Waals surface area contributed by atoms with Crippen molar-refractivity contribution in [3.8, 4) is 0 Å². The highest BCUT2D eigenvalue weighted by Gasteiger charge is 2.02. The van der Waals surface area contributed by atoms with Crippen LogP contribution in [0, 0.1) is 0 Å². The Labute approximate surface area is 130 Å². The van der Waals surface area contributed by atoms with E-state index in [1.807, 2.05) is 48.3 Å². The highest BCUT2D eigenvalue weighted by atomic mass is 15.1. The van der Waals surface area contributed by atoms with E-state index in [4.69, 9.17) is 0 Å². The molecular weight excluding hydrogens is 274 g/mol. The Bertz CT molecular complexity index is 721. The number of imidazole rings is 1. The fourth-order valence-corrected chi connectivity index (χ4v) is 2.30. The lowest BCUT2D eigenvalue weighted by atomic mass is 10.1. The van der Waals surface area contributed by atoms with Gasteiger partial charge in [0.1, 0.15) is 17.5 Å². The predicted octanol–water partition coefficient (Wildman–Crippen LogP) is 2.46. The van der Waals surface area contributed by atoms with Gasteiger partial charge in [0, 0.05) is 45.0 Å². The maximum Gasteiger partial charge on any atom is 0.135 e. The highest BCUT2D eigenvalue weighted by Crippen LogP contribution is 2.08. The molecule has 1 aromatic carbocycles. The van der Waals surface area contributed by atoms with E-state index < -0.39 is 0 Å². The van der Waals surface area contributed by atoms with Crippen LogP contribution in [0.1, 0.15) is 17.2 Å². The fraction of sp³-hybridized carbons (Fsp3) is 0.235. The van der Waals surface area contributed by atoms with Gasteiger partial charge in [0.05, 0.1) is 0 Å². The Morgan fingerprint density at radius 1 is 1.05 bits per heavy atom. The standard InChI is InChI=1S/C17H19N5/c1-22-12-11-20-17(22)8-10-18-15-7-9-19-16(21-15)13-14-5-3-2-4-6-14/h2-7,9,11-12H,8,10,13H2,1H3,(H,18,19,21). The normalized spacial score (nSPS) is 10.6. The van der Waals surface area contributed by atoms with Crippen LogP contribution in [0.2, 0.25) is 0 Å². The van der Waals surface area contributed by atoms with Gasteiger partial charge in [-0.1, -0.05) is 30.3 Å². The molecule has 5 nitrogen and oxygen atoms in total. The second-order valence-corrected chi connectivity index (χ2v) is 5.15. The van der Waals surface area contributed by atoms with Crippen LogP contribution in [-0.4, -0.2) is 26.1 Å². The first-order valence-corrected chi connectivity index (χ1v) is 7.37. The van der Waals surface area contributed by atoms with Crippen molar-refractivity contribution in [2.45, 2.75) is 12.8 Å². The largest absolute Gasteiger partial charge is 0.370 e. The van der Waals surface area contributed by atoms with Crippen LogP contribution in [0.15, 0.2) is 55.0 Å². The molecule has 0 bridgehead atoms. The minimum Gasteiger partial charge on any atom is -0.370 e. The Morgan fingerprint density at radius 2 is 1.91 bits per heavy atom. The molecule has 0 saturated carbocycles. The molecule has 0 aliphatic heterocycles. The van der Waals surface area contributed by atoms with Gasteiger partial charge < -0.3 is 9.88 Å². The van der Waals surface area contributed by atoms with Crippen LogP contribution < -0.4 is 5.32 Å². The molecule has 2 aromatic heterocycles. The molecule has 0 unspecified atom stereocenters. The average Bonchev–Trinajstić information content (AvgIpc) is 2.94. The third-order valence-corrected chi connectivity index (χ3v) is 3.49. The number of aryl methyl sites for hydroxylation is 1. The van der Waals surface area contributed by atoms with Crippen molar-refractivity contribution < 1.29 is 0 Å². The smallest absolute Gasteiger partial charge is 0.135 e. The topological polar surface area (TPSA) is 55.6 Å². The van der Waals surface area contributed by atoms with Gasteiger partial charge in [0.15, 0.2) is 0 Å². The number of benzene rings is 1. The zero-order valence-electron chi connectivity index (χ0n) is 12.6. The Kier molecular flexibility index (Phi) is 4.44. The van der Waals surface area contributed by atoms with Gasteiger partial charge in [-0.25, -0.2) is 15.0 Å². The van der Waals surface area contributed by atoms with E-state index >= 15 is 0 Å². The zero-order valence-corrected chi connectivity index (χ0v) is 12.6. The Morgan fingerprint density at radius 3 is 2.68 bits per heavy atom. The van der Waals surface area contributed by atoms with Gasteiger partial charge in [-0.15, -0.1) is 0 Å². The maximum atomic E-state index is 4.56. The fourth-order valence-electron chi connectivity index (χ4n) is 2.30. The van der Waals surface area contributed by atoms with Crippen molar-refractivity contribution in [3.05, 3.63) is 72.2 Å². The molecule has 3 rings (SSSR count). The molecular formula is C17H19N5. The molecule has 0 saturated heterocycles. The molecule has 112 valence electrons. The Balaban J connectivity index is 1.58. The molecule has 2 heterocycles. The first-order valence-electron chi connectivity index (χ1n) is 7.37. The van der Waals surface area contributed by atoms with Gasteiger partial charge in [0.2, 0.25) is 0 Å². The summed E-state index contributed by atoms with van der Waals surface area (Å²) in [6.45, 7) is 0.798. The first kappa shape index (κ1) is 14.3. The maximum absolute atomic E-state index is 4.56. The number of hydrogen-bond acceptors (Lipinski definition) is 4. The van der Waals surface area contributed by atoms with Crippen LogP contribution in [0.25, 0.3) is 0 Å². The van der Waals surface area contributed by atoms with E-state index in [2.05, 4.69) is 32.4 Å². The summed E-state index contributed by atoms with van der Waals surface area (Å²) in [6.07, 6.45) is 7.18. The lowest BCUT2D eigenvalue weighted by Crippen LogP contribution is -2.10. The average molecular weight is 293 g/mol. The summed E-state index contributed by atoms with van der Waals surface area (Å²) in [4.78, 5) is 13.2. The number of aromatic nitrogens is 4. The van der Waals surface area contributed by atoms with Crippen molar-refractivity contribution in [3.63, 3.8) is 0 Å². The molecule has 1 N–H and O–H groups in total. The van der Waals surface area contributed by atoms with Crippen LogP contribution in [0.3, 0.4) is 0 Å². The van der Waals surface area contributed by atoms with Crippen LogP contribution >= 0.6 is 0 Å². The van der Waals surface area contributed by atoms with E-state index in [9.17, 15) is 0 Å². The second-order valence-electron chi connectivity index (χ2n) is 5.15. The molecule has 0 amide bonds. The number of anilines is 1. The molecule has 0 aliphatic carbocycles. The van der Waals surface area contributed by atoms with Crippen molar-refractivity contribution in [2.24, 2.45) is 7.05 Å². The molecule has 5 heteroatoms. The summed E-state index contributed by atoms with van der Waals surface area (Å²) in [6, 6.07) is 12.1. The Hall–Kier alpha value is -2.69. The highest BCUT2D eigenvalue weighted by molar-refractivity contribution is 5.33. The molecule has 22 heavy (non-hydrogen) atoms. The van der Waals surface area contributed by atoms with Gasteiger partial charge in [-0.3, -0.25) is 0 Å². The lowest BCUT2D eigenvalue weighted by Gasteiger charge is -2.07. The van der Waals surface area contributed by atoms with E-state index in [1.165, 1.54) is 5.56 Å². The SMILES string of the molecule is Cn1ccnc1CCNc1ccnc(Cc2ccccc2)n1. The van der Waals surface area contributed by atoms with Gasteiger partial charge in [0.25, 0.3) is 0 Å². The number of nitrogens with zero attached hydrogens (tertiary/aromatic N) is 4. The van der Waals surface area contributed by atoms with Crippen molar-refractivity contribution >= 4 is 5.82 Å².